The Kier molecular flexibility index (Phi) is 4.36. The SMILES string of the molecule is C[C@@H]1S[C@H](n2cnc3c(NC4CCCCC4)ncnc32)[C@H](O)[C@@H]1O. The molecule has 3 heterocycles. The highest BCUT2D eigenvalue weighted by molar-refractivity contribution is 8.00. The first-order valence-corrected chi connectivity index (χ1v) is 9.55. The normalized spacial score (nSPS) is 31.6. The van der Waals surface area contributed by atoms with Gasteiger partial charge in [0.1, 0.15) is 23.3 Å². The summed E-state index contributed by atoms with van der Waals surface area (Å²) in [7, 11) is 0. The highest BCUT2D eigenvalue weighted by Crippen LogP contribution is 2.42. The summed E-state index contributed by atoms with van der Waals surface area (Å²) < 4.78 is 1.85. The third-order valence-corrected chi connectivity index (χ3v) is 6.55. The number of aliphatic hydroxyl groups is 2. The Balaban J connectivity index is 1.64. The van der Waals surface area contributed by atoms with Crippen LogP contribution < -0.4 is 5.32 Å². The van der Waals surface area contributed by atoms with Crippen molar-refractivity contribution in [3.05, 3.63) is 12.7 Å². The summed E-state index contributed by atoms with van der Waals surface area (Å²) in [6, 6.07) is 0.440. The van der Waals surface area contributed by atoms with Crippen molar-refractivity contribution < 1.29 is 10.2 Å². The fourth-order valence-electron chi connectivity index (χ4n) is 3.64. The highest BCUT2D eigenvalue weighted by Gasteiger charge is 2.41. The zero-order valence-electron chi connectivity index (χ0n) is 13.7. The number of aliphatic hydroxyl groups excluding tert-OH is 2. The minimum atomic E-state index is -0.827. The number of fused-ring (bicyclic) bond motifs is 1. The molecule has 0 radical (unpaired) electrons. The first-order chi connectivity index (χ1) is 11.6. The Labute approximate surface area is 144 Å². The summed E-state index contributed by atoms with van der Waals surface area (Å²) in [5.41, 5.74) is 1.42. The molecule has 2 aromatic heterocycles. The molecule has 130 valence electrons. The average Bonchev–Trinajstić information content (AvgIpc) is 3.13. The minimum absolute atomic E-state index is 0.0240. The summed E-state index contributed by atoms with van der Waals surface area (Å²) >= 11 is 1.54. The molecule has 0 bridgehead atoms. The van der Waals surface area contributed by atoms with Crippen molar-refractivity contribution in [2.75, 3.05) is 5.32 Å². The molecule has 0 unspecified atom stereocenters. The van der Waals surface area contributed by atoms with Crippen LogP contribution in [0, 0.1) is 0 Å². The van der Waals surface area contributed by atoms with Gasteiger partial charge >= 0.3 is 0 Å². The van der Waals surface area contributed by atoms with E-state index < -0.39 is 12.2 Å². The van der Waals surface area contributed by atoms with E-state index in [-0.39, 0.29) is 10.6 Å². The van der Waals surface area contributed by atoms with Gasteiger partial charge in [-0.3, -0.25) is 4.57 Å². The standard InChI is InChI=1S/C16H23N5O2S/c1-9-12(22)13(23)16(24-9)21-8-19-11-14(17-7-18-15(11)21)20-10-5-3-2-4-6-10/h7-10,12-13,16,22-23H,2-6H2,1H3,(H,17,18,20)/t9-,12+,13+,16-/m0/s1. The Morgan fingerprint density at radius 3 is 2.62 bits per heavy atom. The maximum absolute atomic E-state index is 10.3. The molecule has 7 nitrogen and oxygen atoms in total. The number of aromatic nitrogens is 4. The van der Waals surface area contributed by atoms with Gasteiger partial charge in [-0.05, 0) is 12.8 Å². The fourth-order valence-corrected chi connectivity index (χ4v) is 5.01. The van der Waals surface area contributed by atoms with Crippen molar-refractivity contribution in [1.29, 1.82) is 0 Å². The second-order valence-corrected chi connectivity index (χ2v) is 8.24. The molecular weight excluding hydrogens is 326 g/mol. The van der Waals surface area contributed by atoms with Crippen LogP contribution in [0.2, 0.25) is 0 Å². The van der Waals surface area contributed by atoms with Crippen LogP contribution in [0.15, 0.2) is 12.7 Å². The molecule has 1 aliphatic heterocycles. The molecular formula is C16H23N5O2S. The zero-order valence-corrected chi connectivity index (χ0v) is 14.5. The molecule has 1 saturated carbocycles. The molecule has 4 rings (SSSR count). The Morgan fingerprint density at radius 2 is 1.92 bits per heavy atom. The van der Waals surface area contributed by atoms with Crippen LogP contribution in [0.4, 0.5) is 5.82 Å². The second kappa shape index (κ2) is 6.50. The summed E-state index contributed by atoms with van der Waals surface area (Å²) in [6.45, 7) is 1.92. The van der Waals surface area contributed by atoms with E-state index in [2.05, 4.69) is 20.3 Å². The topological polar surface area (TPSA) is 96.1 Å². The number of imidazole rings is 1. The maximum Gasteiger partial charge on any atom is 0.166 e. The Hall–Kier alpha value is -1.38. The van der Waals surface area contributed by atoms with E-state index in [0.29, 0.717) is 11.7 Å². The van der Waals surface area contributed by atoms with Crippen LogP contribution in [-0.2, 0) is 0 Å². The average molecular weight is 349 g/mol. The largest absolute Gasteiger partial charge is 0.389 e. The quantitative estimate of drug-likeness (QED) is 0.779. The van der Waals surface area contributed by atoms with Crippen LogP contribution in [-0.4, -0.2) is 53.2 Å². The first kappa shape index (κ1) is 16.1. The van der Waals surface area contributed by atoms with Gasteiger partial charge in [0.2, 0.25) is 0 Å². The number of hydrogen-bond acceptors (Lipinski definition) is 7. The van der Waals surface area contributed by atoms with Crippen molar-refractivity contribution in [3.8, 4) is 0 Å². The van der Waals surface area contributed by atoms with Gasteiger partial charge in [0, 0.05) is 11.3 Å². The van der Waals surface area contributed by atoms with Gasteiger partial charge in [0.15, 0.2) is 11.5 Å². The van der Waals surface area contributed by atoms with Crippen molar-refractivity contribution in [2.45, 2.75) is 67.9 Å². The van der Waals surface area contributed by atoms with E-state index in [1.807, 2.05) is 11.5 Å². The lowest BCUT2D eigenvalue weighted by atomic mass is 9.95. The molecule has 0 amide bonds. The molecule has 1 aliphatic carbocycles. The van der Waals surface area contributed by atoms with Gasteiger partial charge in [0.05, 0.1) is 12.4 Å². The lowest BCUT2D eigenvalue weighted by Gasteiger charge is -2.23. The van der Waals surface area contributed by atoms with Crippen LogP contribution in [0.1, 0.15) is 44.4 Å². The van der Waals surface area contributed by atoms with Crippen molar-refractivity contribution in [1.82, 2.24) is 19.5 Å². The number of nitrogens with one attached hydrogen (secondary N) is 1. The van der Waals surface area contributed by atoms with Gasteiger partial charge in [-0.15, -0.1) is 11.8 Å². The van der Waals surface area contributed by atoms with Gasteiger partial charge < -0.3 is 15.5 Å². The van der Waals surface area contributed by atoms with Crippen LogP contribution in [0.25, 0.3) is 11.2 Å². The van der Waals surface area contributed by atoms with Crippen LogP contribution in [0.5, 0.6) is 0 Å². The number of nitrogens with zero attached hydrogens (tertiary/aromatic N) is 4. The van der Waals surface area contributed by atoms with Crippen molar-refractivity contribution >= 4 is 28.7 Å². The predicted octanol–water partition coefficient (Wildman–Crippen LogP) is 1.93. The third-order valence-electron chi connectivity index (χ3n) is 5.06. The molecule has 0 spiro atoms. The van der Waals surface area contributed by atoms with E-state index in [1.165, 1.54) is 37.4 Å². The zero-order chi connectivity index (χ0) is 16.7. The molecule has 8 heteroatoms. The molecule has 2 aromatic rings. The summed E-state index contributed by atoms with van der Waals surface area (Å²) in [4.78, 5) is 13.2. The predicted molar refractivity (Wildman–Crippen MR) is 93.9 cm³/mol. The Bertz CT molecular complexity index is 718. The van der Waals surface area contributed by atoms with E-state index in [1.54, 1.807) is 6.33 Å². The smallest absolute Gasteiger partial charge is 0.166 e. The van der Waals surface area contributed by atoms with E-state index in [9.17, 15) is 10.2 Å². The lowest BCUT2D eigenvalue weighted by molar-refractivity contribution is 0.0206. The first-order valence-electron chi connectivity index (χ1n) is 8.61. The van der Waals surface area contributed by atoms with E-state index in [4.69, 9.17) is 0 Å². The van der Waals surface area contributed by atoms with Crippen molar-refractivity contribution in [3.63, 3.8) is 0 Å². The molecule has 4 atom stereocenters. The second-order valence-electron chi connectivity index (χ2n) is 6.74. The molecule has 24 heavy (non-hydrogen) atoms. The van der Waals surface area contributed by atoms with Crippen molar-refractivity contribution in [2.24, 2.45) is 0 Å². The number of rotatable bonds is 3. The lowest BCUT2D eigenvalue weighted by Crippen LogP contribution is -2.30. The summed E-state index contributed by atoms with van der Waals surface area (Å²) in [5, 5.41) is 23.5. The van der Waals surface area contributed by atoms with Gasteiger partial charge in [-0.25, -0.2) is 15.0 Å². The summed E-state index contributed by atoms with van der Waals surface area (Å²) in [5.74, 6) is 0.761. The van der Waals surface area contributed by atoms with Crippen LogP contribution in [0.3, 0.4) is 0 Å². The van der Waals surface area contributed by atoms with E-state index in [0.717, 1.165) is 24.2 Å². The maximum atomic E-state index is 10.3. The third kappa shape index (κ3) is 2.76. The van der Waals surface area contributed by atoms with E-state index >= 15 is 0 Å². The number of thioether (sulfide) groups is 1. The molecule has 0 aromatic carbocycles. The summed E-state index contributed by atoms with van der Waals surface area (Å²) in [6.07, 6.45) is 7.80. The fraction of sp³-hybridized carbons (Fsp3) is 0.688. The molecule has 2 fully saturated rings. The monoisotopic (exact) mass is 349 g/mol. The molecule has 2 aliphatic rings. The molecule has 1 saturated heterocycles. The van der Waals surface area contributed by atoms with Gasteiger partial charge in [0.25, 0.3) is 0 Å². The number of hydrogen-bond donors (Lipinski definition) is 3. The van der Waals surface area contributed by atoms with Crippen LogP contribution >= 0.6 is 11.8 Å². The highest BCUT2D eigenvalue weighted by atomic mass is 32.2. The number of anilines is 1. The molecule has 3 N–H and O–H groups in total. The Morgan fingerprint density at radius 1 is 1.12 bits per heavy atom. The van der Waals surface area contributed by atoms with Gasteiger partial charge in [-0.2, -0.15) is 0 Å². The minimum Gasteiger partial charge on any atom is -0.389 e. The van der Waals surface area contributed by atoms with Gasteiger partial charge in [-0.1, -0.05) is 26.2 Å².